The summed E-state index contributed by atoms with van der Waals surface area (Å²) in [6.07, 6.45) is 6.44. The Balaban J connectivity index is 1.03. The van der Waals surface area contributed by atoms with Gasteiger partial charge in [-0.05, 0) is 112 Å². The Kier molecular flexibility index (Phi) is 8.59. The van der Waals surface area contributed by atoms with Gasteiger partial charge in [-0.3, -0.25) is 0 Å². The fourth-order valence-electron chi connectivity index (χ4n) is 10.2. The second-order valence-corrected chi connectivity index (χ2v) is 16.6. The molecule has 1 fully saturated rings. The molecule has 0 N–H and O–H groups in total. The van der Waals surface area contributed by atoms with Crippen molar-refractivity contribution in [2.45, 2.75) is 38.0 Å². The van der Waals surface area contributed by atoms with Gasteiger partial charge in [0.25, 0.3) is 0 Å². The second kappa shape index (κ2) is 14.7. The summed E-state index contributed by atoms with van der Waals surface area (Å²) in [5.74, 6) is 0.575. The molecule has 292 valence electrons. The number of para-hydroxylation sites is 4. The number of fused-ring (bicyclic) bond motifs is 7. The van der Waals surface area contributed by atoms with E-state index in [2.05, 4.69) is 181 Å². The predicted octanol–water partition coefficient (Wildman–Crippen LogP) is 17.2. The highest BCUT2D eigenvalue weighted by molar-refractivity contribution is 6.10. The van der Waals surface area contributed by atoms with Gasteiger partial charge in [0.05, 0.1) is 5.69 Å². The standard InChI is InChI=1S/C58H43NO2/c1-2-14-39(15-3-1)45-23-11-16-40-17-12-25-51(57(40)45)47-20-4-7-27-53(47)59(43-33-30-38(31-34-43)41-32-35-50-48-21-5-8-28-54(48)60-56(50)37-41)44-19-10-18-42(36-44)46-24-13-26-52-49-22-6-9-29-55(49)61-58(46)52/h4-13,16-37,39H,1-3,14-15H2. The third-order valence-electron chi connectivity index (χ3n) is 13.1. The number of nitrogens with zero attached hydrogens (tertiary/aromatic N) is 1. The van der Waals surface area contributed by atoms with Crippen molar-refractivity contribution >= 4 is 71.7 Å². The van der Waals surface area contributed by atoms with Crippen LogP contribution >= 0.6 is 0 Å². The molecule has 0 aliphatic heterocycles. The maximum atomic E-state index is 6.57. The molecule has 12 rings (SSSR count). The van der Waals surface area contributed by atoms with E-state index in [1.165, 1.54) is 59.6 Å². The van der Waals surface area contributed by atoms with Crippen molar-refractivity contribution in [1.82, 2.24) is 0 Å². The topological polar surface area (TPSA) is 29.5 Å². The smallest absolute Gasteiger partial charge is 0.143 e. The van der Waals surface area contributed by atoms with E-state index < -0.39 is 0 Å². The molecule has 0 amide bonds. The van der Waals surface area contributed by atoms with Gasteiger partial charge < -0.3 is 13.7 Å². The lowest BCUT2D eigenvalue weighted by Gasteiger charge is -2.29. The highest BCUT2D eigenvalue weighted by Gasteiger charge is 2.23. The van der Waals surface area contributed by atoms with Crippen molar-refractivity contribution in [3.63, 3.8) is 0 Å². The number of hydrogen-bond acceptors (Lipinski definition) is 3. The van der Waals surface area contributed by atoms with Crippen molar-refractivity contribution in [1.29, 1.82) is 0 Å². The molecule has 3 heteroatoms. The van der Waals surface area contributed by atoms with Gasteiger partial charge in [-0.1, -0.05) is 159 Å². The van der Waals surface area contributed by atoms with Gasteiger partial charge in [0.15, 0.2) is 0 Å². The first-order chi connectivity index (χ1) is 30.2. The van der Waals surface area contributed by atoms with Gasteiger partial charge in [-0.2, -0.15) is 0 Å². The van der Waals surface area contributed by atoms with E-state index >= 15 is 0 Å². The molecule has 0 unspecified atom stereocenters. The summed E-state index contributed by atoms with van der Waals surface area (Å²) in [6, 6.07) is 70.3. The minimum atomic E-state index is 0.575. The van der Waals surface area contributed by atoms with Crippen LogP contribution in [0.3, 0.4) is 0 Å². The van der Waals surface area contributed by atoms with Crippen molar-refractivity contribution in [3.8, 4) is 33.4 Å². The zero-order valence-corrected chi connectivity index (χ0v) is 33.9. The summed E-state index contributed by atoms with van der Waals surface area (Å²) < 4.78 is 12.9. The average Bonchev–Trinajstić information content (AvgIpc) is 3.90. The summed E-state index contributed by atoms with van der Waals surface area (Å²) in [6.45, 7) is 0. The molecule has 3 nitrogen and oxygen atoms in total. The summed E-state index contributed by atoms with van der Waals surface area (Å²) >= 11 is 0. The first-order valence-corrected chi connectivity index (χ1v) is 21.7. The number of furan rings is 2. The Morgan fingerprint density at radius 3 is 1.89 bits per heavy atom. The molecule has 2 aromatic heterocycles. The van der Waals surface area contributed by atoms with Crippen LogP contribution in [0.5, 0.6) is 0 Å². The van der Waals surface area contributed by atoms with Crippen LogP contribution in [0.2, 0.25) is 0 Å². The molecule has 1 aliphatic rings. The van der Waals surface area contributed by atoms with Gasteiger partial charge in [-0.15, -0.1) is 0 Å². The highest BCUT2D eigenvalue weighted by Crippen LogP contribution is 2.47. The van der Waals surface area contributed by atoms with Crippen LogP contribution in [0.4, 0.5) is 17.1 Å². The highest BCUT2D eigenvalue weighted by atomic mass is 16.3. The first kappa shape index (κ1) is 35.6. The van der Waals surface area contributed by atoms with E-state index in [0.717, 1.165) is 83.2 Å². The van der Waals surface area contributed by atoms with Gasteiger partial charge in [-0.25, -0.2) is 0 Å². The minimum absolute atomic E-state index is 0.575. The van der Waals surface area contributed by atoms with Gasteiger partial charge in [0, 0.05) is 44.0 Å². The lowest BCUT2D eigenvalue weighted by atomic mass is 9.80. The largest absolute Gasteiger partial charge is 0.456 e. The maximum absolute atomic E-state index is 6.57. The average molecular weight is 786 g/mol. The van der Waals surface area contributed by atoms with E-state index in [9.17, 15) is 0 Å². The Bertz CT molecular complexity index is 3410. The van der Waals surface area contributed by atoms with E-state index in [1.807, 2.05) is 18.2 Å². The Hall–Kier alpha value is -7.36. The fraction of sp³-hybridized carbons (Fsp3) is 0.103. The van der Waals surface area contributed by atoms with E-state index in [4.69, 9.17) is 8.83 Å². The molecule has 1 saturated carbocycles. The van der Waals surface area contributed by atoms with Crippen LogP contribution < -0.4 is 4.90 Å². The minimum Gasteiger partial charge on any atom is -0.456 e. The van der Waals surface area contributed by atoms with Crippen LogP contribution in [-0.2, 0) is 0 Å². The van der Waals surface area contributed by atoms with E-state index in [1.54, 1.807) is 0 Å². The van der Waals surface area contributed by atoms with Gasteiger partial charge in [0.1, 0.15) is 22.3 Å². The molecular formula is C58H43NO2. The number of anilines is 3. The fourth-order valence-corrected chi connectivity index (χ4v) is 10.2. The number of hydrogen-bond donors (Lipinski definition) is 0. The normalized spacial score (nSPS) is 13.5. The van der Waals surface area contributed by atoms with E-state index in [0.29, 0.717) is 5.92 Å². The lowest BCUT2D eigenvalue weighted by Crippen LogP contribution is -2.11. The molecule has 0 spiro atoms. The Labute approximate surface area is 355 Å². The van der Waals surface area contributed by atoms with Crippen LogP contribution in [0, 0.1) is 0 Å². The summed E-state index contributed by atoms with van der Waals surface area (Å²) in [5.41, 5.74) is 15.3. The zero-order valence-electron chi connectivity index (χ0n) is 33.9. The molecule has 0 bridgehead atoms. The van der Waals surface area contributed by atoms with Crippen molar-refractivity contribution in [2.75, 3.05) is 4.90 Å². The van der Waals surface area contributed by atoms with Gasteiger partial charge in [0.2, 0.25) is 0 Å². The molecule has 0 radical (unpaired) electrons. The zero-order chi connectivity index (χ0) is 40.3. The monoisotopic (exact) mass is 785 g/mol. The quantitative estimate of drug-likeness (QED) is 0.161. The van der Waals surface area contributed by atoms with Crippen LogP contribution in [0.25, 0.3) is 88.0 Å². The molecule has 0 saturated heterocycles. The third kappa shape index (κ3) is 6.11. The third-order valence-corrected chi connectivity index (χ3v) is 13.1. The maximum Gasteiger partial charge on any atom is 0.143 e. The SMILES string of the molecule is c1cc(-c2cccc3c2oc2ccccc23)cc(N(c2ccc(-c3ccc4c(c3)oc3ccccc34)cc2)c2ccccc2-c2cccc3cccc(C4CCCCC4)c23)c1. The lowest BCUT2D eigenvalue weighted by molar-refractivity contribution is 0.445. The molecular weight excluding hydrogens is 743 g/mol. The van der Waals surface area contributed by atoms with Crippen molar-refractivity contribution in [2.24, 2.45) is 0 Å². The Morgan fingerprint density at radius 1 is 0.393 bits per heavy atom. The van der Waals surface area contributed by atoms with E-state index in [-0.39, 0.29) is 0 Å². The Morgan fingerprint density at radius 2 is 1.03 bits per heavy atom. The summed E-state index contributed by atoms with van der Waals surface area (Å²) in [4.78, 5) is 2.44. The molecule has 61 heavy (non-hydrogen) atoms. The molecule has 0 atom stereocenters. The molecule has 2 heterocycles. The summed E-state index contributed by atoms with van der Waals surface area (Å²) in [5, 5.41) is 7.22. The van der Waals surface area contributed by atoms with Crippen LogP contribution in [0.15, 0.2) is 203 Å². The van der Waals surface area contributed by atoms with Gasteiger partial charge >= 0.3 is 0 Å². The first-order valence-electron chi connectivity index (χ1n) is 21.7. The number of benzene rings is 9. The van der Waals surface area contributed by atoms with Crippen LogP contribution in [0.1, 0.15) is 43.6 Å². The predicted molar refractivity (Wildman–Crippen MR) is 255 cm³/mol. The van der Waals surface area contributed by atoms with Crippen molar-refractivity contribution < 1.29 is 8.83 Å². The van der Waals surface area contributed by atoms with Crippen LogP contribution in [-0.4, -0.2) is 0 Å². The molecule has 9 aromatic carbocycles. The molecule has 1 aliphatic carbocycles. The molecule has 11 aromatic rings. The number of rotatable bonds is 7. The van der Waals surface area contributed by atoms with Crippen molar-refractivity contribution in [3.05, 3.63) is 200 Å². The second-order valence-electron chi connectivity index (χ2n) is 16.6. The summed E-state index contributed by atoms with van der Waals surface area (Å²) in [7, 11) is 0.